The maximum Gasteiger partial charge on any atom is 0.270 e. The highest BCUT2D eigenvalue weighted by Gasteiger charge is 2.46. The number of likely N-dealkylation sites (tertiary alicyclic amines) is 1. The van der Waals surface area contributed by atoms with E-state index in [4.69, 9.17) is 4.98 Å². The van der Waals surface area contributed by atoms with Gasteiger partial charge in [-0.1, -0.05) is 6.92 Å². The molecule has 2 aliphatic heterocycles. The minimum atomic E-state index is -0.0135. The summed E-state index contributed by atoms with van der Waals surface area (Å²) < 4.78 is 2.07. The van der Waals surface area contributed by atoms with Gasteiger partial charge in [0.1, 0.15) is 5.69 Å². The van der Waals surface area contributed by atoms with Crippen molar-refractivity contribution in [3.05, 3.63) is 41.7 Å². The SMILES string of the molecule is CCCN1CCc2[nH]cnc2C12CCN(C(=O)c1cccn1C(C)C)CC2. The molecule has 2 aliphatic rings. The average molecular weight is 370 g/mol. The van der Waals surface area contributed by atoms with Crippen LogP contribution in [-0.2, 0) is 12.0 Å². The number of amides is 1. The summed E-state index contributed by atoms with van der Waals surface area (Å²) in [6.07, 6.45) is 7.95. The molecule has 1 fully saturated rings. The van der Waals surface area contributed by atoms with E-state index in [1.807, 2.05) is 29.6 Å². The Balaban J connectivity index is 1.55. The zero-order valence-electron chi connectivity index (χ0n) is 16.7. The third-order valence-corrected chi connectivity index (χ3v) is 6.32. The summed E-state index contributed by atoms with van der Waals surface area (Å²) in [7, 11) is 0. The number of aromatic nitrogens is 3. The molecule has 1 saturated heterocycles. The van der Waals surface area contributed by atoms with E-state index in [2.05, 4.69) is 35.2 Å². The second kappa shape index (κ2) is 7.15. The van der Waals surface area contributed by atoms with Crippen LogP contribution in [0.5, 0.6) is 0 Å². The van der Waals surface area contributed by atoms with Crippen LogP contribution < -0.4 is 0 Å². The standard InChI is InChI=1S/C21H31N5O/c1-4-10-25-12-7-17-19(23-15-22-17)21(25)8-13-24(14-9-21)20(27)18-6-5-11-26(18)16(2)3/h5-6,11,15-16H,4,7-10,12-14H2,1-3H3,(H,22,23). The summed E-state index contributed by atoms with van der Waals surface area (Å²) in [6, 6.07) is 4.21. The van der Waals surface area contributed by atoms with Crippen LogP contribution in [-0.4, -0.2) is 56.4 Å². The number of fused-ring (bicyclic) bond motifs is 2. The van der Waals surface area contributed by atoms with Gasteiger partial charge in [-0.25, -0.2) is 4.98 Å². The van der Waals surface area contributed by atoms with E-state index in [0.717, 1.165) is 57.6 Å². The summed E-state index contributed by atoms with van der Waals surface area (Å²) in [5.74, 6) is 0.156. The maximum absolute atomic E-state index is 13.1. The Morgan fingerprint density at radius 1 is 1.30 bits per heavy atom. The second-order valence-corrected chi connectivity index (χ2v) is 8.18. The van der Waals surface area contributed by atoms with Crippen molar-refractivity contribution >= 4 is 5.91 Å². The zero-order chi connectivity index (χ0) is 19.0. The van der Waals surface area contributed by atoms with Crippen LogP contribution in [0.2, 0.25) is 0 Å². The normalized spacial score (nSPS) is 19.6. The molecule has 27 heavy (non-hydrogen) atoms. The third-order valence-electron chi connectivity index (χ3n) is 6.32. The van der Waals surface area contributed by atoms with E-state index in [1.54, 1.807) is 0 Å². The lowest BCUT2D eigenvalue weighted by atomic mass is 9.78. The van der Waals surface area contributed by atoms with Gasteiger partial charge >= 0.3 is 0 Å². The third kappa shape index (κ3) is 3.00. The Kier molecular flexibility index (Phi) is 4.84. The molecular weight excluding hydrogens is 338 g/mol. The Morgan fingerprint density at radius 3 is 2.78 bits per heavy atom. The van der Waals surface area contributed by atoms with Crippen molar-refractivity contribution in [1.82, 2.24) is 24.3 Å². The summed E-state index contributed by atoms with van der Waals surface area (Å²) in [5.41, 5.74) is 3.30. The van der Waals surface area contributed by atoms with Crippen LogP contribution in [0.1, 0.15) is 68.0 Å². The smallest absolute Gasteiger partial charge is 0.270 e. The second-order valence-electron chi connectivity index (χ2n) is 8.18. The summed E-state index contributed by atoms with van der Waals surface area (Å²) in [6.45, 7) is 10.2. The van der Waals surface area contributed by atoms with Crippen LogP contribution in [0.15, 0.2) is 24.7 Å². The summed E-state index contributed by atoms with van der Waals surface area (Å²) in [5, 5.41) is 0. The van der Waals surface area contributed by atoms with Gasteiger partial charge in [-0.05, 0) is 51.8 Å². The molecule has 2 aromatic rings. The molecule has 1 spiro atoms. The first-order chi connectivity index (χ1) is 13.1. The Morgan fingerprint density at radius 2 is 2.07 bits per heavy atom. The lowest BCUT2D eigenvalue weighted by Gasteiger charge is -2.50. The lowest BCUT2D eigenvalue weighted by Crippen LogP contribution is -2.57. The molecule has 1 N–H and O–H groups in total. The Labute approximate surface area is 161 Å². The monoisotopic (exact) mass is 369 g/mol. The highest BCUT2D eigenvalue weighted by Crippen LogP contribution is 2.42. The number of rotatable bonds is 4. The fourth-order valence-electron chi connectivity index (χ4n) is 4.94. The van der Waals surface area contributed by atoms with Gasteiger partial charge in [-0.3, -0.25) is 9.69 Å². The first-order valence-electron chi connectivity index (χ1n) is 10.3. The van der Waals surface area contributed by atoms with E-state index >= 15 is 0 Å². The molecule has 0 saturated carbocycles. The van der Waals surface area contributed by atoms with Crippen LogP contribution in [0.3, 0.4) is 0 Å². The van der Waals surface area contributed by atoms with Gasteiger partial charge in [0, 0.05) is 44.0 Å². The molecule has 2 aromatic heterocycles. The Hall–Kier alpha value is -2.08. The van der Waals surface area contributed by atoms with Crippen molar-refractivity contribution in [2.24, 2.45) is 0 Å². The van der Waals surface area contributed by atoms with Crippen LogP contribution in [0.25, 0.3) is 0 Å². The van der Waals surface area contributed by atoms with Crippen molar-refractivity contribution in [2.45, 2.75) is 58.0 Å². The van der Waals surface area contributed by atoms with Gasteiger partial charge in [-0.2, -0.15) is 0 Å². The van der Waals surface area contributed by atoms with Crippen molar-refractivity contribution in [2.75, 3.05) is 26.2 Å². The van der Waals surface area contributed by atoms with Gasteiger partial charge in [0.05, 0.1) is 17.6 Å². The van der Waals surface area contributed by atoms with Crippen LogP contribution >= 0.6 is 0 Å². The number of piperidine rings is 1. The molecule has 0 unspecified atom stereocenters. The molecule has 146 valence electrons. The molecule has 0 aromatic carbocycles. The first kappa shape index (κ1) is 18.3. The zero-order valence-corrected chi connectivity index (χ0v) is 16.7. The van der Waals surface area contributed by atoms with Crippen molar-refractivity contribution in [3.63, 3.8) is 0 Å². The Bertz CT molecular complexity index is 797. The van der Waals surface area contributed by atoms with Crippen molar-refractivity contribution in [3.8, 4) is 0 Å². The van der Waals surface area contributed by atoms with E-state index in [1.165, 1.54) is 11.4 Å². The molecule has 6 heteroatoms. The molecule has 6 nitrogen and oxygen atoms in total. The molecule has 4 heterocycles. The largest absolute Gasteiger partial charge is 0.348 e. The predicted octanol–water partition coefficient (Wildman–Crippen LogP) is 3.19. The van der Waals surface area contributed by atoms with E-state index in [9.17, 15) is 4.79 Å². The minimum absolute atomic E-state index is 0.0135. The highest BCUT2D eigenvalue weighted by atomic mass is 16.2. The summed E-state index contributed by atoms with van der Waals surface area (Å²) in [4.78, 5) is 25.8. The van der Waals surface area contributed by atoms with Crippen molar-refractivity contribution in [1.29, 1.82) is 0 Å². The number of imidazole rings is 1. The maximum atomic E-state index is 13.1. The molecular formula is C21H31N5O. The lowest BCUT2D eigenvalue weighted by molar-refractivity contribution is 0.00671. The topological polar surface area (TPSA) is 57.2 Å². The van der Waals surface area contributed by atoms with Crippen LogP contribution in [0, 0.1) is 0 Å². The molecule has 4 rings (SSSR count). The highest BCUT2D eigenvalue weighted by molar-refractivity contribution is 5.93. The number of hydrogen-bond acceptors (Lipinski definition) is 3. The first-order valence-corrected chi connectivity index (χ1v) is 10.3. The van der Waals surface area contributed by atoms with E-state index in [0.29, 0.717) is 6.04 Å². The van der Waals surface area contributed by atoms with E-state index in [-0.39, 0.29) is 11.4 Å². The van der Waals surface area contributed by atoms with Crippen LogP contribution in [0.4, 0.5) is 0 Å². The van der Waals surface area contributed by atoms with Gasteiger partial charge in [0.15, 0.2) is 0 Å². The van der Waals surface area contributed by atoms with Crippen molar-refractivity contribution < 1.29 is 4.79 Å². The molecule has 0 atom stereocenters. The number of carbonyl (C=O) groups is 1. The number of carbonyl (C=O) groups excluding carboxylic acids is 1. The van der Waals surface area contributed by atoms with Gasteiger partial charge in [-0.15, -0.1) is 0 Å². The molecule has 1 amide bonds. The number of aromatic amines is 1. The van der Waals surface area contributed by atoms with Gasteiger partial charge < -0.3 is 14.5 Å². The molecule has 0 bridgehead atoms. The predicted molar refractivity (Wildman–Crippen MR) is 106 cm³/mol. The minimum Gasteiger partial charge on any atom is -0.348 e. The number of H-pyrrole nitrogens is 1. The molecule has 0 aliphatic carbocycles. The fourth-order valence-corrected chi connectivity index (χ4v) is 4.94. The van der Waals surface area contributed by atoms with Gasteiger partial charge in [0.2, 0.25) is 0 Å². The number of hydrogen-bond donors (Lipinski definition) is 1. The van der Waals surface area contributed by atoms with E-state index < -0.39 is 0 Å². The van der Waals surface area contributed by atoms with Gasteiger partial charge in [0.25, 0.3) is 5.91 Å². The number of nitrogens with one attached hydrogen (secondary N) is 1. The number of nitrogens with zero attached hydrogens (tertiary/aromatic N) is 4. The fraction of sp³-hybridized carbons (Fsp3) is 0.619. The molecule has 0 radical (unpaired) electrons. The average Bonchev–Trinajstić information content (AvgIpc) is 3.34. The quantitative estimate of drug-likeness (QED) is 0.900. The summed E-state index contributed by atoms with van der Waals surface area (Å²) >= 11 is 0.